The molecule has 0 bridgehead atoms. The van der Waals surface area contributed by atoms with E-state index in [1.807, 2.05) is 0 Å². The fourth-order valence-electron chi connectivity index (χ4n) is 4.93. The number of aromatic nitrogens is 3. The average molecular weight is 556 g/mol. The lowest BCUT2D eigenvalue weighted by molar-refractivity contribution is 0.0879. The lowest BCUT2D eigenvalue weighted by Gasteiger charge is -2.34. The average Bonchev–Trinajstić information content (AvgIpc) is 3.43. The van der Waals surface area contributed by atoms with E-state index in [4.69, 9.17) is 14.7 Å². The van der Waals surface area contributed by atoms with E-state index in [1.54, 1.807) is 11.3 Å². The number of ether oxygens (including phenoxy) is 1. The first-order valence-electron chi connectivity index (χ1n) is 11.2. The molecule has 32 heavy (non-hydrogen) atoms. The molecule has 0 amide bonds. The van der Waals surface area contributed by atoms with Gasteiger partial charge in [-0.15, -0.1) is 11.3 Å². The van der Waals surface area contributed by atoms with Crippen LogP contribution in [-0.4, -0.2) is 38.1 Å². The number of thiazole rings is 1. The SMILES string of the molecule is Cc1nc(C2OC2N2CCCC[C@H]2Cc2nc3ccccn3c2I)c(-c2ccccc2)s1. The first-order valence-corrected chi connectivity index (χ1v) is 13.1. The number of rotatable bonds is 5. The Morgan fingerprint density at radius 2 is 1.94 bits per heavy atom. The van der Waals surface area contributed by atoms with E-state index >= 15 is 0 Å². The molecule has 4 aromatic rings. The fourth-order valence-corrected chi connectivity index (χ4v) is 6.64. The van der Waals surface area contributed by atoms with Gasteiger partial charge in [0.2, 0.25) is 0 Å². The van der Waals surface area contributed by atoms with Gasteiger partial charge in [0.05, 0.1) is 21.3 Å². The van der Waals surface area contributed by atoms with E-state index in [2.05, 4.69) is 93.5 Å². The summed E-state index contributed by atoms with van der Waals surface area (Å²) in [5.41, 5.74) is 4.56. The number of benzene rings is 1. The van der Waals surface area contributed by atoms with Crippen LogP contribution in [0.25, 0.3) is 16.1 Å². The van der Waals surface area contributed by atoms with E-state index in [-0.39, 0.29) is 12.3 Å². The lowest BCUT2D eigenvalue weighted by Crippen LogP contribution is -2.43. The molecule has 2 aliphatic heterocycles. The number of hydrogen-bond donors (Lipinski definition) is 0. The van der Waals surface area contributed by atoms with Crippen LogP contribution in [0.5, 0.6) is 0 Å². The predicted octanol–water partition coefficient (Wildman–Crippen LogP) is 5.87. The summed E-state index contributed by atoms with van der Waals surface area (Å²) in [5, 5.41) is 1.10. The highest BCUT2D eigenvalue weighted by atomic mass is 127. The molecular formula is C25H25IN4OS. The summed E-state index contributed by atoms with van der Waals surface area (Å²) in [6.07, 6.45) is 6.95. The van der Waals surface area contributed by atoms with E-state index in [0.29, 0.717) is 6.04 Å². The predicted molar refractivity (Wildman–Crippen MR) is 136 cm³/mol. The number of hydrogen-bond acceptors (Lipinski definition) is 5. The molecule has 0 radical (unpaired) electrons. The second-order valence-electron chi connectivity index (χ2n) is 8.63. The van der Waals surface area contributed by atoms with Crippen LogP contribution in [0.4, 0.5) is 0 Å². The van der Waals surface area contributed by atoms with E-state index < -0.39 is 0 Å². The summed E-state index contributed by atoms with van der Waals surface area (Å²) >= 11 is 4.21. The Kier molecular flexibility index (Phi) is 5.53. The van der Waals surface area contributed by atoms with Gasteiger partial charge in [0.15, 0.2) is 0 Å². The third-order valence-electron chi connectivity index (χ3n) is 6.50. The number of nitrogens with zero attached hydrogens (tertiary/aromatic N) is 4. The summed E-state index contributed by atoms with van der Waals surface area (Å²) in [7, 11) is 0. The summed E-state index contributed by atoms with van der Waals surface area (Å²) in [6.45, 7) is 3.17. The van der Waals surface area contributed by atoms with Crippen LogP contribution < -0.4 is 0 Å². The van der Waals surface area contributed by atoms with E-state index in [9.17, 15) is 0 Å². The van der Waals surface area contributed by atoms with Gasteiger partial charge in [-0.3, -0.25) is 9.30 Å². The number of fused-ring (bicyclic) bond motifs is 1. The molecule has 164 valence electrons. The molecule has 3 atom stereocenters. The van der Waals surface area contributed by atoms with Crippen LogP contribution in [0.2, 0.25) is 0 Å². The van der Waals surface area contributed by atoms with Crippen LogP contribution in [-0.2, 0) is 11.2 Å². The van der Waals surface area contributed by atoms with Crippen LogP contribution in [0, 0.1) is 10.6 Å². The van der Waals surface area contributed by atoms with Crippen molar-refractivity contribution in [1.29, 1.82) is 0 Å². The number of piperidine rings is 1. The van der Waals surface area contributed by atoms with Crippen molar-refractivity contribution in [2.24, 2.45) is 0 Å². The number of aryl methyl sites for hydroxylation is 1. The first kappa shape index (κ1) is 20.8. The molecule has 2 saturated heterocycles. The zero-order chi connectivity index (χ0) is 21.7. The van der Waals surface area contributed by atoms with Crippen LogP contribution in [0.1, 0.15) is 41.8 Å². The smallest absolute Gasteiger partial charge is 0.144 e. The Morgan fingerprint density at radius 1 is 1.09 bits per heavy atom. The Bertz CT molecular complexity index is 1250. The van der Waals surface area contributed by atoms with Crippen molar-refractivity contribution in [2.75, 3.05) is 6.54 Å². The zero-order valence-electron chi connectivity index (χ0n) is 17.9. The fraction of sp³-hybridized carbons (Fsp3) is 0.360. The van der Waals surface area contributed by atoms with E-state index in [1.165, 1.54) is 39.1 Å². The first-order chi connectivity index (χ1) is 15.7. The minimum absolute atomic E-state index is 0.0656. The topological polar surface area (TPSA) is 46.0 Å². The van der Waals surface area contributed by atoms with Gasteiger partial charge in [-0.1, -0.05) is 42.8 Å². The molecule has 0 aliphatic carbocycles. The van der Waals surface area contributed by atoms with Gasteiger partial charge >= 0.3 is 0 Å². The highest BCUT2D eigenvalue weighted by Crippen LogP contribution is 2.48. The summed E-state index contributed by atoms with van der Waals surface area (Å²) in [5.74, 6) is 0. The molecule has 6 rings (SSSR count). The van der Waals surface area contributed by atoms with Gasteiger partial charge in [-0.25, -0.2) is 9.97 Å². The molecule has 2 aliphatic rings. The van der Waals surface area contributed by atoms with Crippen molar-refractivity contribution in [3.63, 3.8) is 0 Å². The number of likely N-dealkylation sites (tertiary alicyclic amines) is 1. The van der Waals surface area contributed by atoms with Crippen LogP contribution in [0.15, 0.2) is 54.7 Å². The molecule has 0 saturated carbocycles. The second-order valence-corrected chi connectivity index (χ2v) is 10.9. The van der Waals surface area contributed by atoms with Crippen LogP contribution in [0.3, 0.4) is 0 Å². The molecule has 2 fully saturated rings. The van der Waals surface area contributed by atoms with Crippen molar-refractivity contribution in [1.82, 2.24) is 19.3 Å². The van der Waals surface area contributed by atoms with Gasteiger partial charge in [0.1, 0.15) is 21.7 Å². The Hall–Kier alpha value is -1.81. The molecule has 5 nitrogen and oxygen atoms in total. The highest BCUT2D eigenvalue weighted by molar-refractivity contribution is 14.1. The normalized spacial score (nSPS) is 23.6. The summed E-state index contributed by atoms with van der Waals surface area (Å²) < 4.78 is 9.72. The lowest BCUT2D eigenvalue weighted by atomic mass is 9.97. The number of halogens is 1. The third-order valence-corrected chi connectivity index (χ3v) is 8.68. The molecule has 3 aromatic heterocycles. The zero-order valence-corrected chi connectivity index (χ0v) is 20.9. The quantitative estimate of drug-likeness (QED) is 0.228. The van der Waals surface area contributed by atoms with Crippen LogP contribution >= 0.6 is 33.9 Å². The molecular weight excluding hydrogens is 531 g/mol. The van der Waals surface area contributed by atoms with Crippen molar-refractivity contribution in [3.8, 4) is 10.4 Å². The molecule has 1 aromatic carbocycles. The standard InChI is InChI=1S/C25H25IN4OS/c1-16-27-21(23(32-16)17-9-3-2-4-10-17)22-25(31-22)29-13-7-5-11-18(29)15-19-24(26)30-14-8-6-12-20(30)28-19/h2-4,6,8-10,12,14,18,22,25H,5,7,11,13,15H2,1H3/t18-,22?,25?/m0/s1. The number of pyridine rings is 1. The molecule has 0 N–H and O–H groups in total. The molecule has 5 heterocycles. The Balaban J connectivity index is 1.25. The van der Waals surface area contributed by atoms with Crippen molar-refractivity contribution >= 4 is 39.6 Å². The monoisotopic (exact) mass is 556 g/mol. The van der Waals surface area contributed by atoms with Crippen molar-refractivity contribution in [3.05, 3.63) is 74.8 Å². The molecule has 0 spiro atoms. The number of epoxide rings is 1. The van der Waals surface area contributed by atoms with E-state index in [0.717, 1.165) is 29.3 Å². The largest absolute Gasteiger partial charge is 0.346 e. The van der Waals surface area contributed by atoms with Crippen molar-refractivity contribution < 1.29 is 4.74 Å². The number of imidazole rings is 1. The van der Waals surface area contributed by atoms with Gasteiger partial charge in [-0.2, -0.15) is 0 Å². The molecule has 2 unspecified atom stereocenters. The minimum atomic E-state index is 0.0656. The highest BCUT2D eigenvalue weighted by Gasteiger charge is 2.50. The van der Waals surface area contributed by atoms with Gasteiger partial charge in [0.25, 0.3) is 0 Å². The maximum atomic E-state index is 6.32. The summed E-state index contributed by atoms with van der Waals surface area (Å²) in [6, 6.07) is 17.2. The second kappa shape index (κ2) is 8.52. The third kappa shape index (κ3) is 3.79. The van der Waals surface area contributed by atoms with Gasteiger partial charge < -0.3 is 4.74 Å². The maximum absolute atomic E-state index is 6.32. The molecule has 7 heteroatoms. The van der Waals surface area contributed by atoms with Crippen molar-refractivity contribution in [2.45, 2.75) is 51.0 Å². The Labute approximate surface area is 205 Å². The Morgan fingerprint density at radius 3 is 2.78 bits per heavy atom. The minimum Gasteiger partial charge on any atom is -0.346 e. The van der Waals surface area contributed by atoms with Gasteiger partial charge in [0, 0.05) is 25.2 Å². The maximum Gasteiger partial charge on any atom is 0.144 e. The summed E-state index contributed by atoms with van der Waals surface area (Å²) in [4.78, 5) is 13.7. The van der Waals surface area contributed by atoms with Gasteiger partial charge in [-0.05, 0) is 60.1 Å².